The fourth-order valence-corrected chi connectivity index (χ4v) is 4.54. The third kappa shape index (κ3) is 5.31. The molecule has 3 rings (SSSR count). The zero-order valence-electron chi connectivity index (χ0n) is 15.9. The molecule has 1 amide bonds. The molecule has 0 atom stereocenters. The Morgan fingerprint density at radius 3 is 2.13 bits per heavy atom. The zero-order valence-corrected chi connectivity index (χ0v) is 16.7. The van der Waals surface area contributed by atoms with Crippen molar-refractivity contribution in [2.24, 2.45) is 0 Å². The van der Waals surface area contributed by atoms with Crippen LogP contribution in [-0.4, -0.2) is 56.3 Å². The molecular formula is C19H17F5N2O4S. The Balaban J connectivity index is 1.67. The van der Waals surface area contributed by atoms with Crippen molar-refractivity contribution < 1.29 is 39.9 Å². The second kappa shape index (κ2) is 8.79. The number of carbonyl (C=O) groups excluding carboxylic acids is 1. The molecule has 0 aromatic heterocycles. The van der Waals surface area contributed by atoms with Crippen molar-refractivity contribution in [1.82, 2.24) is 9.21 Å². The summed E-state index contributed by atoms with van der Waals surface area (Å²) >= 11 is 0. The van der Waals surface area contributed by atoms with Crippen LogP contribution in [0.25, 0.3) is 0 Å². The number of sulfonamides is 1. The zero-order chi connectivity index (χ0) is 22.8. The minimum atomic E-state index is -4.67. The van der Waals surface area contributed by atoms with Gasteiger partial charge in [0.1, 0.15) is 5.75 Å². The number of alkyl halides is 5. The van der Waals surface area contributed by atoms with Crippen LogP contribution in [0.5, 0.6) is 5.75 Å². The summed E-state index contributed by atoms with van der Waals surface area (Å²) in [6.45, 7) is -3.15. The third-order valence-corrected chi connectivity index (χ3v) is 6.55. The number of halogens is 5. The largest absolute Gasteiger partial charge is 0.435 e. The van der Waals surface area contributed by atoms with E-state index in [0.717, 1.165) is 22.5 Å². The van der Waals surface area contributed by atoms with Gasteiger partial charge in [-0.05, 0) is 42.5 Å². The van der Waals surface area contributed by atoms with Crippen molar-refractivity contribution >= 4 is 15.9 Å². The van der Waals surface area contributed by atoms with Gasteiger partial charge in [0.05, 0.1) is 10.5 Å². The van der Waals surface area contributed by atoms with Crippen LogP contribution >= 0.6 is 0 Å². The van der Waals surface area contributed by atoms with Gasteiger partial charge in [0.25, 0.3) is 5.91 Å². The molecular weight excluding hydrogens is 447 g/mol. The molecule has 0 spiro atoms. The first-order valence-corrected chi connectivity index (χ1v) is 10.4. The van der Waals surface area contributed by atoms with Gasteiger partial charge >= 0.3 is 12.8 Å². The summed E-state index contributed by atoms with van der Waals surface area (Å²) in [4.78, 5) is 13.5. The van der Waals surface area contributed by atoms with E-state index in [1.54, 1.807) is 0 Å². The predicted molar refractivity (Wildman–Crippen MR) is 99.2 cm³/mol. The lowest BCUT2D eigenvalue weighted by Gasteiger charge is -2.34. The Labute approximate surface area is 174 Å². The van der Waals surface area contributed by atoms with E-state index in [1.807, 2.05) is 0 Å². The van der Waals surface area contributed by atoms with Crippen LogP contribution in [0.4, 0.5) is 22.0 Å². The van der Waals surface area contributed by atoms with Gasteiger partial charge in [-0.25, -0.2) is 8.42 Å². The van der Waals surface area contributed by atoms with Crippen molar-refractivity contribution in [2.75, 3.05) is 26.2 Å². The maximum atomic E-state index is 12.9. The highest BCUT2D eigenvalue weighted by Gasteiger charge is 2.34. The molecule has 1 saturated heterocycles. The van der Waals surface area contributed by atoms with E-state index in [2.05, 4.69) is 4.74 Å². The van der Waals surface area contributed by atoms with E-state index in [0.29, 0.717) is 6.07 Å². The highest BCUT2D eigenvalue weighted by atomic mass is 32.2. The number of amides is 1. The van der Waals surface area contributed by atoms with Gasteiger partial charge in [-0.2, -0.15) is 26.3 Å². The topological polar surface area (TPSA) is 66.9 Å². The Morgan fingerprint density at radius 2 is 1.58 bits per heavy atom. The second-order valence-corrected chi connectivity index (χ2v) is 8.56. The lowest BCUT2D eigenvalue weighted by Crippen LogP contribution is -2.50. The number of piperazine rings is 1. The highest BCUT2D eigenvalue weighted by molar-refractivity contribution is 7.89. The second-order valence-electron chi connectivity index (χ2n) is 6.62. The summed E-state index contributed by atoms with van der Waals surface area (Å²) in [5, 5.41) is 0. The van der Waals surface area contributed by atoms with E-state index in [4.69, 9.17) is 0 Å². The molecule has 2 aromatic carbocycles. The van der Waals surface area contributed by atoms with E-state index in [9.17, 15) is 35.2 Å². The lowest BCUT2D eigenvalue weighted by molar-refractivity contribution is -0.137. The average molecular weight is 464 g/mol. The first-order chi connectivity index (χ1) is 14.5. The molecule has 6 nitrogen and oxygen atoms in total. The van der Waals surface area contributed by atoms with Gasteiger partial charge in [-0.3, -0.25) is 4.79 Å². The predicted octanol–water partition coefficient (Wildman–Crippen LogP) is 3.45. The van der Waals surface area contributed by atoms with Crippen LogP contribution < -0.4 is 4.74 Å². The Kier molecular flexibility index (Phi) is 6.51. The molecule has 12 heteroatoms. The number of rotatable bonds is 5. The highest BCUT2D eigenvalue weighted by Crippen LogP contribution is 2.31. The monoisotopic (exact) mass is 464 g/mol. The standard InChI is InChI=1S/C19H17F5N2O4S/c20-18(21)30-15-6-4-13(5-7-15)17(27)25-8-10-26(11-9-25)31(28,29)16-3-1-2-14(12-16)19(22,23)24/h1-7,12,18H,8-11H2. The van der Waals surface area contributed by atoms with Gasteiger partial charge < -0.3 is 9.64 Å². The third-order valence-electron chi connectivity index (χ3n) is 4.65. The molecule has 0 radical (unpaired) electrons. The number of benzene rings is 2. The molecule has 0 bridgehead atoms. The van der Waals surface area contributed by atoms with Crippen LogP contribution in [0, 0.1) is 0 Å². The molecule has 1 heterocycles. The van der Waals surface area contributed by atoms with E-state index < -0.39 is 39.2 Å². The van der Waals surface area contributed by atoms with Crippen molar-refractivity contribution in [2.45, 2.75) is 17.7 Å². The lowest BCUT2D eigenvalue weighted by atomic mass is 10.2. The molecule has 168 valence electrons. The number of nitrogens with zero attached hydrogens (tertiary/aromatic N) is 2. The first-order valence-electron chi connectivity index (χ1n) is 9.00. The van der Waals surface area contributed by atoms with Crippen molar-refractivity contribution in [3.63, 3.8) is 0 Å². The fourth-order valence-electron chi connectivity index (χ4n) is 3.08. The molecule has 31 heavy (non-hydrogen) atoms. The van der Waals surface area contributed by atoms with Crippen LogP contribution in [0.2, 0.25) is 0 Å². The van der Waals surface area contributed by atoms with E-state index >= 15 is 0 Å². The SMILES string of the molecule is O=C(c1ccc(OC(F)F)cc1)N1CCN(S(=O)(=O)c2cccc(C(F)(F)F)c2)CC1. The smallest absolute Gasteiger partial charge is 0.416 e. The number of hydrogen-bond acceptors (Lipinski definition) is 4. The minimum Gasteiger partial charge on any atom is -0.435 e. The number of ether oxygens (including phenoxy) is 1. The summed E-state index contributed by atoms with van der Waals surface area (Å²) < 4.78 is 93.7. The molecule has 0 unspecified atom stereocenters. The summed E-state index contributed by atoms with van der Waals surface area (Å²) in [6, 6.07) is 8.53. The Hall–Kier alpha value is -2.73. The van der Waals surface area contributed by atoms with E-state index in [-0.39, 0.29) is 37.5 Å². The van der Waals surface area contributed by atoms with Gasteiger partial charge in [0, 0.05) is 31.7 Å². The maximum absolute atomic E-state index is 12.9. The molecule has 0 aliphatic carbocycles. The Morgan fingerprint density at radius 1 is 0.968 bits per heavy atom. The average Bonchev–Trinajstić information content (AvgIpc) is 2.73. The van der Waals surface area contributed by atoms with Crippen molar-refractivity contribution in [3.05, 3.63) is 59.7 Å². The number of hydrogen-bond donors (Lipinski definition) is 0. The molecule has 2 aromatic rings. The van der Waals surface area contributed by atoms with Gasteiger partial charge in [-0.1, -0.05) is 6.07 Å². The number of carbonyl (C=O) groups is 1. The van der Waals surface area contributed by atoms with Crippen LogP contribution in [-0.2, 0) is 16.2 Å². The summed E-state index contributed by atoms with van der Waals surface area (Å²) in [5.74, 6) is -0.539. The summed E-state index contributed by atoms with van der Waals surface area (Å²) in [5.41, 5.74) is -0.863. The van der Waals surface area contributed by atoms with Crippen LogP contribution in [0.1, 0.15) is 15.9 Å². The fraction of sp³-hybridized carbons (Fsp3) is 0.316. The maximum Gasteiger partial charge on any atom is 0.416 e. The van der Waals surface area contributed by atoms with Gasteiger partial charge in [-0.15, -0.1) is 0 Å². The first kappa shape index (κ1) is 22.9. The quantitative estimate of drug-likeness (QED) is 0.636. The van der Waals surface area contributed by atoms with Crippen LogP contribution in [0.15, 0.2) is 53.4 Å². The van der Waals surface area contributed by atoms with Gasteiger partial charge in [0.2, 0.25) is 10.0 Å². The normalized spacial score (nSPS) is 15.9. The molecule has 0 saturated carbocycles. The Bertz CT molecular complexity index is 1030. The summed E-state index contributed by atoms with van der Waals surface area (Å²) in [6.07, 6.45) is -4.67. The molecule has 1 fully saturated rings. The molecule has 1 aliphatic heterocycles. The summed E-state index contributed by atoms with van der Waals surface area (Å²) in [7, 11) is -4.17. The van der Waals surface area contributed by atoms with Crippen LogP contribution in [0.3, 0.4) is 0 Å². The molecule has 0 N–H and O–H groups in total. The van der Waals surface area contributed by atoms with Crippen molar-refractivity contribution in [1.29, 1.82) is 0 Å². The van der Waals surface area contributed by atoms with E-state index in [1.165, 1.54) is 29.2 Å². The molecule has 1 aliphatic rings. The van der Waals surface area contributed by atoms with Crippen molar-refractivity contribution in [3.8, 4) is 5.75 Å². The minimum absolute atomic E-state index is 0.0201. The van der Waals surface area contributed by atoms with Gasteiger partial charge in [0.15, 0.2) is 0 Å².